The number of methoxy groups -OCH3 is 1. The molecule has 3 amide bonds. The molecule has 1 aromatic heterocycles. The minimum atomic E-state index is -0.517. The van der Waals surface area contributed by atoms with Crippen molar-refractivity contribution in [3.8, 4) is 5.75 Å². The Hall–Kier alpha value is -4.13. The van der Waals surface area contributed by atoms with Gasteiger partial charge in [-0.3, -0.25) is 19.7 Å². The normalized spacial score (nSPS) is 11.0. The summed E-state index contributed by atoms with van der Waals surface area (Å²) in [5.41, 5.74) is 1.58. The third-order valence-electron chi connectivity index (χ3n) is 5.36. The van der Waals surface area contributed by atoms with Crippen molar-refractivity contribution in [2.75, 3.05) is 29.2 Å². The number of carbonyl (C=O) groups is 3. The van der Waals surface area contributed by atoms with Gasteiger partial charge in [0, 0.05) is 33.2 Å². The smallest absolute Gasteiger partial charge is 0.272 e. The molecule has 4 aromatic rings. The fourth-order valence-corrected chi connectivity index (χ4v) is 5.54. The number of benzene rings is 3. The van der Waals surface area contributed by atoms with Crippen LogP contribution < -0.4 is 20.7 Å². The maximum absolute atomic E-state index is 13.4. The SMILES string of the molecule is CCSc1nsc(NC(=O)CSc2cccc(NC(=O)/C(=C\c3ccccc3OC)NC(=O)c3ccccc3)c2)n1. The maximum Gasteiger partial charge on any atom is 0.272 e. The summed E-state index contributed by atoms with van der Waals surface area (Å²) in [5, 5.41) is 9.43. The molecule has 9 nitrogen and oxygen atoms in total. The highest BCUT2D eigenvalue weighted by Crippen LogP contribution is 2.25. The van der Waals surface area contributed by atoms with Crippen LogP contribution in [0, 0.1) is 0 Å². The zero-order valence-electron chi connectivity index (χ0n) is 22.2. The molecule has 3 N–H and O–H groups in total. The van der Waals surface area contributed by atoms with Gasteiger partial charge in [0.05, 0.1) is 12.9 Å². The van der Waals surface area contributed by atoms with Crippen LogP contribution in [0.25, 0.3) is 6.08 Å². The molecule has 3 aromatic carbocycles. The van der Waals surface area contributed by atoms with Gasteiger partial charge in [0.2, 0.25) is 16.2 Å². The zero-order valence-corrected chi connectivity index (χ0v) is 24.7. The highest BCUT2D eigenvalue weighted by Gasteiger charge is 2.16. The van der Waals surface area contributed by atoms with Crippen LogP contribution >= 0.6 is 35.1 Å². The molecule has 0 spiro atoms. The number of aromatic nitrogens is 2. The molecule has 0 aliphatic rings. The Morgan fingerprint density at radius 3 is 2.51 bits per heavy atom. The van der Waals surface area contributed by atoms with Crippen molar-refractivity contribution in [1.82, 2.24) is 14.7 Å². The van der Waals surface area contributed by atoms with Crippen molar-refractivity contribution in [3.05, 3.63) is 95.7 Å². The van der Waals surface area contributed by atoms with Crippen molar-refractivity contribution in [2.24, 2.45) is 0 Å². The van der Waals surface area contributed by atoms with E-state index in [2.05, 4.69) is 25.3 Å². The van der Waals surface area contributed by atoms with Crippen LogP contribution in [-0.2, 0) is 9.59 Å². The Balaban J connectivity index is 1.45. The lowest BCUT2D eigenvalue weighted by molar-refractivity contribution is -0.114. The van der Waals surface area contributed by atoms with E-state index in [-0.39, 0.29) is 17.4 Å². The lowest BCUT2D eigenvalue weighted by Gasteiger charge is -2.13. The first kappa shape index (κ1) is 29.8. The highest BCUT2D eigenvalue weighted by molar-refractivity contribution is 8.00. The number of hydrogen-bond donors (Lipinski definition) is 3. The van der Waals surface area contributed by atoms with Crippen molar-refractivity contribution in [2.45, 2.75) is 17.0 Å². The number of anilines is 2. The summed E-state index contributed by atoms with van der Waals surface area (Å²) < 4.78 is 9.61. The Morgan fingerprint density at radius 2 is 1.73 bits per heavy atom. The van der Waals surface area contributed by atoms with Crippen LogP contribution in [0.4, 0.5) is 10.8 Å². The number of ether oxygens (including phenoxy) is 1. The Labute approximate surface area is 250 Å². The van der Waals surface area contributed by atoms with E-state index >= 15 is 0 Å². The molecule has 0 unspecified atom stereocenters. The van der Waals surface area contributed by atoms with Crippen LogP contribution in [-0.4, -0.2) is 45.7 Å². The van der Waals surface area contributed by atoms with Crippen molar-refractivity contribution in [3.63, 3.8) is 0 Å². The Bertz CT molecular complexity index is 1540. The summed E-state index contributed by atoms with van der Waals surface area (Å²) in [5.74, 6) is 0.408. The van der Waals surface area contributed by atoms with E-state index in [0.29, 0.717) is 32.9 Å². The summed E-state index contributed by atoms with van der Waals surface area (Å²) in [6.45, 7) is 2.01. The second-order valence-corrected chi connectivity index (χ2v) is 11.3. The van der Waals surface area contributed by atoms with Crippen LogP contribution in [0.15, 0.2) is 94.6 Å². The molecule has 0 atom stereocenters. The lowest BCUT2D eigenvalue weighted by Crippen LogP contribution is -2.30. The largest absolute Gasteiger partial charge is 0.496 e. The van der Waals surface area contributed by atoms with Crippen LogP contribution in [0.5, 0.6) is 5.75 Å². The van der Waals surface area contributed by atoms with E-state index in [0.717, 1.165) is 22.2 Å². The first-order chi connectivity index (χ1) is 19.9. The lowest BCUT2D eigenvalue weighted by atomic mass is 10.1. The number of nitrogens with one attached hydrogen (secondary N) is 3. The fraction of sp³-hybridized carbons (Fsp3) is 0.138. The van der Waals surface area contributed by atoms with Gasteiger partial charge in [-0.1, -0.05) is 61.2 Å². The standard InChI is InChI=1S/C29H27N5O4S3/c1-3-39-29-33-28(41-34-29)32-25(35)18-40-22-14-9-13-21(17-22)30-27(37)23(16-20-12-7-8-15-24(20)38-2)31-26(36)19-10-5-4-6-11-19/h4-17H,3,18H2,1-2H3,(H,30,37)(H,31,36)(H,32,33,34,35)/b23-16+. The van der Waals surface area contributed by atoms with Crippen LogP contribution in [0.1, 0.15) is 22.8 Å². The zero-order chi connectivity index (χ0) is 29.0. The number of nitrogens with zero attached hydrogens (tertiary/aromatic N) is 2. The predicted molar refractivity (Wildman–Crippen MR) is 166 cm³/mol. The minimum Gasteiger partial charge on any atom is -0.496 e. The summed E-state index contributed by atoms with van der Waals surface area (Å²) in [7, 11) is 1.54. The fourth-order valence-electron chi connectivity index (χ4n) is 3.50. The molecule has 0 fully saturated rings. The van der Waals surface area contributed by atoms with E-state index in [1.165, 1.54) is 30.6 Å². The molecule has 12 heteroatoms. The summed E-state index contributed by atoms with van der Waals surface area (Å²) in [6.07, 6.45) is 1.57. The number of thioether (sulfide) groups is 2. The van der Waals surface area contributed by atoms with Gasteiger partial charge in [-0.25, -0.2) is 0 Å². The number of rotatable bonds is 12. The minimum absolute atomic E-state index is 0.0402. The summed E-state index contributed by atoms with van der Waals surface area (Å²) in [6, 6.07) is 22.9. The maximum atomic E-state index is 13.4. The molecule has 0 radical (unpaired) electrons. The van der Waals surface area contributed by atoms with Gasteiger partial charge in [0.25, 0.3) is 11.8 Å². The average Bonchev–Trinajstić information content (AvgIpc) is 3.43. The van der Waals surface area contributed by atoms with Gasteiger partial charge in [0.1, 0.15) is 11.4 Å². The van der Waals surface area contributed by atoms with E-state index in [4.69, 9.17) is 4.74 Å². The highest BCUT2D eigenvalue weighted by atomic mass is 32.2. The first-order valence-corrected chi connectivity index (χ1v) is 15.2. The summed E-state index contributed by atoms with van der Waals surface area (Å²) in [4.78, 5) is 43.8. The number of hydrogen-bond acceptors (Lipinski definition) is 9. The molecule has 0 saturated carbocycles. The van der Waals surface area contributed by atoms with Crippen molar-refractivity contribution >= 4 is 69.7 Å². The molecule has 0 saturated heterocycles. The van der Waals surface area contributed by atoms with Gasteiger partial charge in [-0.2, -0.15) is 9.36 Å². The molecule has 0 aliphatic carbocycles. The topological polar surface area (TPSA) is 122 Å². The van der Waals surface area contributed by atoms with E-state index in [1.807, 2.05) is 31.2 Å². The van der Waals surface area contributed by atoms with Gasteiger partial charge in [0.15, 0.2) is 0 Å². The van der Waals surface area contributed by atoms with Crippen molar-refractivity contribution < 1.29 is 19.1 Å². The quantitative estimate of drug-likeness (QED) is 0.137. The Morgan fingerprint density at radius 1 is 0.951 bits per heavy atom. The molecular weight excluding hydrogens is 579 g/mol. The third-order valence-corrected chi connectivity index (χ3v) is 7.83. The van der Waals surface area contributed by atoms with Crippen molar-refractivity contribution in [1.29, 1.82) is 0 Å². The van der Waals surface area contributed by atoms with E-state index in [1.54, 1.807) is 60.7 Å². The summed E-state index contributed by atoms with van der Waals surface area (Å²) >= 11 is 3.97. The second kappa shape index (κ2) is 15.0. The molecular formula is C29H27N5O4S3. The molecule has 0 bridgehead atoms. The van der Waals surface area contributed by atoms with E-state index in [9.17, 15) is 14.4 Å². The second-order valence-electron chi connectivity index (χ2n) is 8.25. The number of para-hydroxylation sites is 1. The third kappa shape index (κ3) is 8.93. The van der Waals surface area contributed by atoms with Crippen LogP contribution in [0.3, 0.4) is 0 Å². The Kier molecular flexibility index (Phi) is 10.9. The first-order valence-electron chi connectivity index (χ1n) is 12.5. The number of amides is 3. The van der Waals surface area contributed by atoms with Gasteiger partial charge in [-0.05, 0) is 48.2 Å². The molecule has 4 rings (SSSR count). The van der Waals surface area contributed by atoms with E-state index < -0.39 is 11.8 Å². The number of carbonyl (C=O) groups excluding carboxylic acids is 3. The van der Waals surface area contributed by atoms with Gasteiger partial charge >= 0.3 is 0 Å². The average molecular weight is 606 g/mol. The predicted octanol–water partition coefficient (Wildman–Crippen LogP) is 5.80. The molecule has 41 heavy (non-hydrogen) atoms. The van der Waals surface area contributed by atoms with Gasteiger partial charge < -0.3 is 15.4 Å². The monoisotopic (exact) mass is 605 g/mol. The molecule has 210 valence electrons. The molecule has 1 heterocycles. The molecule has 0 aliphatic heterocycles. The van der Waals surface area contributed by atoms with Gasteiger partial charge in [-0.15, -0.1) is 11.8 Å². The van der Waals surface area contributed by atoms with Crippen LogP contribution in [0.2, 0.25) is 0 Å².